The lowest BCUT2D eigenvalue weighted by Gasteiger charge is -2.16. The predicted molar refractivity (Wildman–Crippen MR) is 188 cm³/mol. The van der Waals surface area contributed by atoms with Crippen LogP contribution >= 0.6 is 0 Å². The molecule has 0 atom stereocenters. The maximum absolute atomic E-state index is 2.44. The molecule has 44 heavy (non-hydrogen) atoms. The van der Waals surface area contributed by atoms with Crippen LogP contribution in [0.4, 0.5) is 0 Å². The Hall–Kier alpha value is -5.72. The summed E-state index contributed by atoms with van der Waals surface area (Å²) >= 11 is 0. The highest BCUT2D eigenvalue weighted by molar-refractivity contribution is 6.38. The summed E-state index contributed by atoms with van der Waals surface area (Å²) in [6.45, 7) is 0. The van der Waals surface area contributed by atoms with Gasteiger partial charge >= 0.3 is 0 Å². The molecule has 0 radical (unpaired) electrons. The van der Waals surface area contributed by atoms with E-state index in [2.05, 4.69) is 158 Å². The highest BCUT2D eigenvalue weighted by Gasteiger charge is 2.39. The number of hydrogen-bond acceptors (Lipinski definition) is 0. The maximum Gasteiger partial charge on any atom is -0.000137 e. The summed E-state index contributed by atoms with van der Waals surface area (Å²) < 4.78 is 0. The predicted octanol–water partition coefficient (Wildman–Crippen LogP) is 11.5. The van der Waals surface area contributed by atoms with Gasteiger partial charge in [0, 0.05) is 0 Å². The van der Waals surface area contributed by atoms with Crippen LogP contribution in [0.2, 0.25) is 0 Å². The summed E-state index contributed by atoms with van der Waals surface area (Å²) in [4.78, 5) is 0. The lowest BCUT2D eigenvalue weighted by molar-refractivity contribution is 1.56. The first-order chi connectivity index (χ1) is 21.8. The molecule has 202 valence electrons. The zero-order chi connectivity index (χ0) is 28.8. The van der Waals surface area contributed by atoms with Crippen molar-refractivity contribution in [3.8, 4) is 0 Å². The third-order valence-corrected chi connectivity index (χ3v) is 9.70. The highest BCUT2D eigenvalue weighted by atomic mass is 14.4. The standard InChI is InChI=1S/C44H26/c1-2-12-28(13-3-1)40-38-25-31-16-6-7-17-32(31)26-39(38)43-42(36-22-21-27-11-8-9-19-34(27)41(36)44(40)43)35-20-10-18-33-23-29-14-4-5-15-30(29)24-37(33)35/h1-26H. The molecule has 0 heterocycles. The Morgan fingerprint density at radius 3 is 1.59 bits per heavy atom. The fraction of sp³-hybridized carbons (Fsp3) is 0. The first-order valence-electron chi connectivity index (χ1n) is 15.4. The number of fused-ring (bicyclic) bond motifs is 10. The molecule has 0 unspecified atom stereocenters. The molecular formula is C44H26. The molecule has 0 saturated heterocycles. The number of hydrogen-bond donors (Lipinski definition) is 0. The Kier molecular flexibility index (Phi) is 4.81. The molecule has 8 aromatic rings. The van der Waals surface area contributed by atoms with Gasteiger partial charge in [-0.1, -0.05) is 133 Å². The van der Waals surface area contributed by atoms with E-state index in [0.29, 0.717) is 0 Å². The molecule has 0 aliphatic heterocycles. The summed E-state index contributed by atoms with van der Waals surface area (Å²) in [7, 11) is 0. The van der Waals surface area contributed by atoms with Crippen LogP contribution in [0.3, 0.4) is 0 Å². The molecule has 0 fully saturated rings. The second-order valence-corrected chi connectivity index (χ2v) is 12.0. The Bertz CT molecular complexity index is 2580. The van der Waals surface area contributed by atoms with Crippen LogP contribution < -0.4 is 0 Å². The largest absolute Gasteiger partial charge is 0.0622 e. The molecule has 0 aromatic heterocycles. The van der Waals surface area contributed by atoms with Crippen LogP contribution in [-0.4, -0.2) is 0 Å². The van der Waals surface area contributed by atoms with Gasteiger partial charge in [-0.15, -0.1) is 0 Å². The summed E-state index contributed by atoms with van der Waals surface area (Å²) in [5, 5.41) is 10.2. The molecule has 0 saturated carbocycles. The van der Waals surface area contributed by atoms with Gasteiger partial charge in [0.25, 0.3) is 0 Å². The average molecular weight is 555 g/mol. The van der Waals surface area contributed by atoms with Gasteiger partial charge in [0.05, 0.1) is 0 Å². The van der Waals surface area contributed by atoms with Crippen molar-refractivity contribution in [2.75, 3.05) is 0 Å². The van der Waals surface area contributed by atoms with Crippen LogP contribution in [0.1, 0.15) is 33.4 Å². The smallest absolute Gasteiger partial charge is 0.000137 e. The van der Waals surface area contributed by atoms with Gasteiger partial charge in [0.1, 0.15) is 0 Å². The van der Waals surface area contributed by atoms with E-state index >= 15 is 0 Å². The molecular weight excluding hydrogens is 528 g/mol. The van der Waals surface area contributed by atoms with Crippen LogP contribution in [0.5, 0.6) is 0 Å². The Labute approximate surface area is 255 Å². The van der Waals surface area contributed by atoms with E-state index in [1.807, 2.05) is 0 Å². The van der Waals surface area contributed by atoms with Crippen LogP contribution in [-0.2, 0) is 0 Å². The van der Waals surface area contributed by atoms with E-state index in [1.54, 1.807) is 0 Å². The minimum atomic E-state index is 1.26. The molecule has 2 aliphatic carbocycles. The fourth-order valence-electron chi connectivity index (χ4n) is 7.81. The van der Waals surface area contributed by atoms with Gasteiger partial charge in [-0.25, -0.2) is 0 Å². The van der Waals surface area contributed by atoms with Crippen molar-refractivity contribution in [2.45, 2.75) is 0 Å². The Balaban J connectivity index is 1.42. The van der Waals surface area contributed by atoms with E-state index in [0.717, 1.165) is 0 Å². The van der Waals surface area contributed by atoms with Crippen LogP contribution in [0.15, 0.2) is 158 Å². The molecule has 0 nitrogen and oxygen atoms in total. The van der Waals surface area contributed by atoms with Crippen molar-refractivity contribution >= 4 is 65.4 Å². The number of rotatable bonds is 2. The number of benzene rings is 8. The van der Waals surface area contributed by atoms with E-state index in [1.165, 1.54) is 98.8 Å². The van der Waals surface area contributed by atoms with Crippen molar-refractivity contribution in [1.29, 1.82) is 0 Å². The topological polar surface area (TPSA) is 0 Å². The van der Waals surface area contributed by atoms with E-state index in [4.69, 9.17) is 0 Å². The molecule has 0 bridgehead atoms. The van der Waals surface area contributed by atoms with Crippen molar-refractivity contribution in [3.05, 3.63) is 191 Å². The van der Waals surface area contributed by atoms with Crippen molar-refractivity contribution in [3.63, 3.8) is 0 Å². The van der Waals surface area contributed by atoms with Gasteiger partial charge in [-0.2, -0.15) is 0 Å². The van der Waals surface area contributed by atoms with Crippen molar-refractivity contribution in [1.82, 2.24) is 0 Å². The zero-order valence-electron chi connectivity index (χ0n) is 24.0. The summed E-state index contributed by atoms with van der Waals surface area (Å²) in [6, 6.07) is 58.5. The maximum atomic E-state index is 2.44. The minimum absolute atomic E-state index is 1.26. The molecule has 2 aliphatic rings. The monoisotopic (exact) mass is 554 g/mol. The second-order valence-electron chi connectivity index (χ2n) is 12.0. The first kappa shape index (κ1) is 23.8. The SMILES string of the molecule is c1ccc(C2=C3C(=C(c4cccc5cc6ccccc6cc45)c4ccc5ccccc5c43)c3cc4ccccc4cc32)cc1. The van der Waals surface area contributed by atoms with Gasteiger partial charge in [0.15, 0.2) is 0 Å². The average Bonchev–Trinajstić information content (AvgIpc) is 3.58. The van der Waals surface area contributed by atoms with Gasteiger partial charge < -0.3 is 0 Å². The third-order valence-electron chi connectivity index (χ3n) is 9.70. The second kappa shape index (κ2) is 8.89. The van der Waals surface area contributed by atoms with Crippen molar-refractivity contribution < 1.29 is 0 Å². The van der Waals surface area contributed by atoms with E-state index in [9.17, 15) is 0 Å². The van der Waals surface area contributed by atoms with Gasteiger partial charge in [-0.3, -0.25) is 0 Å². The van der Waals surface area contributed by atoms with Crippen molar-refractivity contribution in [2.24, 2.45) is 0 Å². The Morgan fingerprint density at radius 2 is 0.841 bits per heavy atom. The zero-order valence-corrected chi connectivity index (χ0v) is 24.0. The fourth-order valence-corrected chi connectivity index (χ4v) is 7.81. The summed E-state index contributed by atoms with van der Waals surface area (Å²) in [5.74, 6) is 0. The molecule has 0 spiro atoms. The molecule has 0 heteroatoms. The lowest BCUT2D eigenvalue weighted by atomic mass is 9.87. The Morgan fingerprint density at radius 1 is 0.250 bits per heavy atom. The molecule has 10 rings (SSSR count). The summed E-state index contributed by atoms with van der Waals surface area (Å²) in [5.41, 5.74) is 13.3. The number of allylic oxidation sites excluding steroid dienone is 2. The molecule has 0 amide bonds. The first-order valence-corrected chi connectivity index (χ1v) is 15.4. The van der Waals surface area contributed by atoms with Gasteiger partial charge in [-0.05, 0) is 123 Å². The minimum Gasteiger partial charge on any atom is -0.0622 e. The summed E-state index contributed by atoms with van der Waals surface area (Å²) in [6.07, 6.45) is 0. The normalized spacial score (nSPS) is 13.7. The van der Waals surface area contributed by atoms with E-state index < -0.39 is 0 Å². The van der Waals surface area contributed by atoms with Crippen LogP contribution in [0.25, 0.3) is 65.4 Å². The molecule has 8 aromatic carbocycles. The third kappa shape index (κ3) is 3.23. The van der Waals surface area contributed by atoms with Gasteiger partial charge in [0.2, 0.25) is 0 Å². The molecule has 0 N–H and O–H groups in total. The van der Waals surface area contributed by atoms with E-state index in [-0.39, 0.29) is 0 Å². The lowest BCUT2D eigenvalue weighted by Crippen LogP contribution is -1.94. The quantitative estimate of drug-likeness (QED) is 0.186. The highest BCUT2D eigenvalue weighted by Crippen LogP contribution is 2.60. The van der Waals surface area contributed by atoms with Crippen LogP contribution in [0, 0.1) is 0 Å².